The van der Waals surface area contributed by atoms with Gasteiger partial charge in [-0.1, -0.05) is 0 Å². The Morgan fingerprint density at radius 2 is 2.11 bits per heavy atom. The van der Waals surface area contributed by atoms with Crippen LogP contribution >= 0.6 is 11.3 Å². The topological polar surface area (TPSA) is 24.9 Å². The molecule has 1 N–H and O–H groups in total. The van der Waals surface area contributed by atoms with Gasteiger partial charge in [0.25, 0.3) is 0 Å². The van der Waals surface area contributed by atoms with Gasteiger partial charge in [0.05, 0.1) is 5.01 Å². The second kappa shape index (κ2) is 6.21. The molecule has 0 aliphatic rings. The Morgan fingerprint density at radius 1 is 1.32 bits per heavy atom. The fourth-order valence-electron chi connectivity index (χ4n) is 1.95. The van der Waals surface area contributed by atoms with Crippen molar-refractivity contribution in [2.24, 2.45) is 0 Å². The molecule has 0 saturated heterocycles. The molecular formula is C14H16F2N2S. The van der Waals surface area contributed by atoms with Gasteiger partial charge in [0.2, 0.25) is 0 Å². The summed E-state index contributed by atoms with van der Waals surface area (Å²) in [6, 6.07) is 3.61. The van der Waals surface area contributed by atoms with Crippen molar-refractivity contribution < 1.29 is 8.78 Å². The van der Waals surface area contributed by atoms with Crippen molar-refractivity contribution in [2.45, 2.75) is 25.8 Å². The Hall–Kier alpha value is -1.33. The van der Waals surface area contributed by atoms with Crippen molar-refractivity contribution in [3.8, 4) is 0 Å². The van der Waals surface area contributed by atoms with Gasteiger partial charge >= 0.3 is 0 Å². The van der Waals surface area contributed by atoms with Gasteiger partial charge in [-0.15, -0.1) is 11.3 Å². The quantitative estimate of drug-likeness (QED) is 0.911. The van der Waals surface area contributed by atoms with Crippen LogP contribution in [0.3, 0.4) is 0 Å². The van der Waals surface area contributed by atoms with Crippen molar-refractivity contribution >= 4 is 11.3 Å². The molecule has 5 heteroatoms. The van der Waals surface area contributed by atoms with E-state index in [2.05, 4.69) is 10.3 Å². The first-order valence-corrected chi connectivity index (χ1v) is 6.98. The molecule has 0 bridgehead atoms. The van der Waals surface area contributed by atoms with Crippen LogP contribution in [0.2, 0.25) is 0 Å². The number of hydrogen-bond donors (Lipinski definition) is 1. The minimum absolute atomic E-state index is 0.0434. The van der Waals surface area contributed by atoms with Crippen molar-refractivity contribution in [3.05, 3.63) is 51.5 Å². The molecule has 0 amide bonds. The molecule has 1 aromatic heterocycles. The van der Waals surface area contributed by atoms with Gasteiger partial charge in [-0.3, -0.25) is 0 Å². The van der Waals surface area contributed by atoms with Gasteiger partial charge in [0.15, 0.2) is 0 Å². The van der Waals surface area contributed by atoms with E-state index in [1.807, 2.05) is 19.4 Å². The molecule has 2 aromatic rings. The Kier molecular flexibility index (Phi) is 4.61. The fraction of sp³-hybridized carbons (Fsp3) is 0.357. The van der Waals surface area contributed by atoms with Gasteiger partial charge in [-0.25, -0.2) is 13.8 Å². The maximum absolute atomic E-state index is 13.6. The zero-order chi connectivity index (χ0) is 13.8. The molecule has 0 fully saturated rings. The molecular weight excluding hydrogens is 266 g/mol. The Balaban J connectivity index is 2.08. The van der Waals surface area contributed by atoms with Crippen LogP contribution in [0, 0.1) is 18.6 Å². The van der Waals surface area contributed by atoms with E-state index in [1.165, 1.54) is 12.1 Å². The molecule has 0 aliphatic heterocycles. The highest BCUT2D eigenvalue weighted by molar-refractivity contribution is 7.09. The van der Waals surface area contributed by atoms with Gasteiger partial charge in [-0.2, -0.15) is 0 Å². The van der Waals surface area contributed by atoms with Crippen LogP contribution in [0.5, 0.6) is 0 Å². The van der Waals surface area contributed by atoms with Gasteiger partial charge in [0.1, 0.15) is 11.6 Å². The Bertz CT molecular complexity index is 554. The number of hydrogen-bond acceptors (Lipinski definition) is 3. The number of thiazole rings is 1. The third-order valence-electron chi connectivity index (χ3n) is 2.97. The molecule has 1 heterocycles. The smallest absolute Gasteiger partial charge is 0.126 e. The fourth-order valence-corrected chi connectivity index (χ4v) is 2.80. The third-order valence-corrected chi connectivity index (χ3v) is 3.96. The highest BCUT2D eigenvalue weighted by Gasteiger charge is 2.14. The first-order chi connectivity index (χ1) is 9.08. The molecule has 0 saturated carbocycles. The zero-order valence-corrected chi connectivity index (χ0v) is 11.7. The molecule has 1 aromatic carbocycles. The number of rotatable bonds is 5. The maximum atomic E-state index is 13.6. The van der Waals surface area contributed by atoms with E-state index in [0.29, 0.717) is 18.4 Å². The zero-order valence-electron chi connectivity index (χ0n) is 10.9. The average molecular weight is 282 g/mol. The van der Waals surface area contributed by atoms with Crippen LogP contribution in [0.1, 0.15) is 16.3 Å². The van der Waals surface area contributed by atoms with E-state index in [9.17, 15) is 8.78 Å². The number of halogens is 2. The second-order valence-corrected chi connectivity index (χ2v) is 5.45. The van der Waals surface area contributed by atoms with Crippen LogP contribution < -0.4 is 5.32 Å². The molecule has 1 unspecified atom stereocenters. The third kappa shape index (κ3) is 3.81. The van der Waals surface area contributed by atoms with Crippen LogP contribution in [-0.2, 0) is 12.8 Å². The van der Waals surface area contributed by atoms with Crippen LogP contribution in [0.25, 0.3) is 0 Å². The summed E-state index contributed by atoms with van der Waals surface area (Å²) in [5.74, 6) is -0.770. The lowest BCUT2D eigenvalue weighted by atomic mass is 10.0. The van der Waals surface area contributed by atoms with Crippen molar-refractivity contribution in [1.82, 2.24) is 10.3 Å². The maximum Gasteiger partial charge on any atom is 0.126 e. The monoisotopic (exact) mass is 282 g/mol. The minimum Gasteiger partial charge on any atom is -0.316 e. The number of aryl methyl sites for hydroxylation is 1. The summed E-state index contributed by atoms with van der Waals surface area (Å²) in [5, 5.41) is 6.13. The van der Waals surface area contributed by atoms with Crippen LogP contribution in [-0.4, -0.2) is 18.1 Å². The predicted octanol–water partition coefficient (Wildman–Crippen LogP) is 3.10. The normalized spacial score (nSPS) is 12.6. The highest BCUT2D eigenvalue weighted by atomic mass is 32.1. The molecule has 19 heavy (non-hydrogen) atoms. The Morgan fingerprint density at radius 3 is 2.74 bits per heavy atom. The van der Waals surface area contributed by atoms with Gasteiger partial charge < -0.3 is 5.32 Å². The van der Waals surface area contributed by atoms with E-state index in [0.717, 1.165) is 16.8 Å². The van der Waals surface area contributed by atoms with Crippen LogP contribution in [0.4, 0.5) is 8.78 Å². The first kappa shape index (κ1) is 14.1. The SMILES string of the molecule is CNC(Cc1nc(C)cs1)Cc1cc(F)ccc1F. The number of likely N-dealkylation sites (N-methyl/N-ethyl adjacent to an activating group) is 1. The number of aromatic nitrogens is 1. The summed E-state index contributed by atoms with van der Waals surface area (Å²) in [4.78, 5) is 4.39. The standard InChI is InChI=1S/C14H16F2N2S/c1-9-8-19-14(18-9)7-12(17-2)6-10-5-11(15)3-4-13(10)16/h3-5,8,12,17H,6-7H2,1-2H3. The lowest BCUT2D eigenvalue weighted by Gasteiger charge is -2.15. The van der Waals surface area contributed by atoms with Crippen LogP contribution in [0.15, 0.2) is 23.6 Å². The van der Waals surface area contributed by atoms with Crippen molar-refractivity contribution in [2.75, 3.05) is 7.05 Å². The summed E-state index contributed by atoms with van der Waals surface area (Å²) < 4.78 is 26.7. The highest BCUT2D eigenvalue weighted by Crippen LogP contribution is 2.16. The Labute approximate surface area is 115 Å². The molecule has 1 atom stereocenters. The summed E-state index contributed by atoms with van der Waals surface area (Å²) in [7, 11) is 1.82. The minimum atomic E-state index is -0.406. The summed E-state index contributed by atoms with van der Waals surface area (Å²) >= 11 is 1.59. The average Bonchev–Trinajstić information content (AvgIpc) is 2.78. The molecule has 0 spiro atoms. The molecule has 2 rings (SSSR count). The summed E-state index contributed by atoms with van der Waals surface area (Å²) in [6.45, 7) is 1.95. The van der Waals surface area contributed by atoms with E-state index in [-0.39, 0.29) is 11.9 Å². The van der Waals surface area contributed by atoms with Crippen molar-refractivity contribution in [3.63, 3.8) is 0 Å². The largest absolute Gasteiger partial charge is 0.316 e. The number of nitrogens with zero attached hydrogens (tertiary/aromatic N) is 1. The van der Waals surface area contributed by atoms with Gasteiger partial charge in [0, 0.05) is 23.5 Å². The van der Waals surface area contributed by atoms with Gasteiger partial charge in [-0.05, 0) is 44.2 Å². The molecule has 2 nitrogen and oxygen atoms in total. The summed E-state index contributed by atoms with van der Waals surface area (Å²) in [6.07, 6.45) is 1.16. The van der Waals surface area contributed by atoms with E-state index in [1.54, 1.807) is 11.3 Å². The first-order valence-electron chi connectivity index (χ1n) is 6.10. The van der Waals surface area contributed by atoms with E-state index in [4.69, 9.17) is 0 Å². The summed E-state index contributed by atoms with van der Waals surface area (Å²) in [5.41, 5.74) is 1.39. The molecule has 0 radical (unpaired) electrons. The second-order valence-electron chi connectivity index (χ2n) is 4.51. The van der Waals surface area contributed by atoms with Crippen molar-refractivity contribution in [1.29, 1.82) is 0 Å². The van der Waals surface area contributed by atoms with E-state index >= 15 is 0 Å². The molecule has 0 aliphatic carbocycles. The predicted molar refractivity (Wildman–Crippen MR) is 73.5 cm³/mol. The molecule has 102 valence electrons. The lowest BCUT2D eigenvalue weighted by molar-refractivity contribution is 0.524. The number of nitrogens with one attached hydrogen (secondary N) is 1. The van der Waals surface area contributed by atoms with E-state index < -0.39 is 5.82 Å². The lowest BCUT2D eigenvalue weighted by Crippen LogP contribution is -2.30. The number of benzene rings is 1.